The zero-order chi connectivity index (χ0) is 29.0. The lowest BCUT2D eigenvalue weighted by Crippen LogP contribution is -2.51. The van der Waals surface area contributed by atoms with Gasteiger partial charge >= 0.3 is 29.8 Å². The molecule has 0 saturated heterocycles. The standard InChI is InChI=1S/C25H37N3O10/c1-25(2,3)18-6-4-17(5-7-18)10-19(28(15-23(35)36)16-24(37)38)11-26(12-20(29)30)8-9-27(13-21(31)32)14-22(33)34/h4-7,19H,8-16H2,1-3H3,(H,29,30)(H,31,32)(H,33,34)(H,35,36)(H,37,38). The summed E-state index contributed by atoms with van der Waals surface area (Å²) in [5.41, 5.74) is 1.75. The van der Waals surface area contributed by atoms with Gasteiger partial charge in [-0.25, -0.2) is 0 Å². The SMILES string of the molecule is CC(C)(C)c1ccc(CC(CN(CCN(CC(=O)O)CC(=O)O)CC(=O)O)N(CC(=O)O)CC(=O)O)cc1. The predicted molar refractivity (Wildman–Crippen MR) is 135 cm³/mol. The Morgan fingerprint density at radius 3 is 1.45 bits per heavy atom. The Morgan fingerprint density at radius 1 is 0.658 bits per heavy atom. The summed E-state index contributed by atoms with van der Waals surface area (Å²) in [7, 11) is 0. The van der Waals surface area contributed by atoms with E-state index < -0.39 is 68.6 Å². The van der Waals surface area contributed by atoms with Gasteiger partial charge in [-0.3, -0.25) is 38.7 Å². The summed E-state index contributed by atoms with van der Waals surface area (Å²) < 4.78 is 0. The van der Waals surface area contributed by atoms with E-state index in [0.29, 0.717) is 0 Å². The second-order valence-electron chi connectivity index (χ2n) is 10.1. The average Bonchev–Trinajstić information content (AvgIpc) is 2.74. The quantitative estimate of drug-likeness (QED) is 0.170. The zero-order valence-corrected chi connectivity index (χ0v) is 21.9. The molecule has 0 heterocycles. The first-order chi connectivity index (χ1) is 17.6. The third-order valence-corrected chi connectivity index (χ3v) is 5.76. The topological polar surface area (TPSA) is 196 Å². The lowest BCUT2D eigenvalue weighted by molar-refractivity contribution is -0.144. The third kappa shape index (κ3) is 13.1. The molecule has 1 aromatic carbocycles. The maximum atomic E-state index is 11.6. The monoisotopic (exact) mass is 539 g/mol. The minimum atomic E-state index is -1.25. The second-order valence-corrected chi connectivity index (χ2v) is 10.1. The van der Waals surface area contributed by atoms with Crippen molar-refractivity contribution in [2.75, 3.05) is 52.4 Å². The van der Waals surface area contributed by atoms with Crippen molar-refractivity contribution < 1.29 is 49.5 Å². The van der Waals surface area contributed by atoms with E-state index in [1.165, 1.54) is 9.80 Å². The van der Waals surface area contributed by atoms with Crippen LogP contribution in [0.2, 0.25) is 0 Å². The van der Waals surface area contributed by atoms with Crippen molar-refractivity contribution in [3.05, 3.63) is 35.4 Å². The van der Waals surface area contributed by atoms with Gasteiger partial charge in [-0.05, 0) is 23.0 Å². The molecule has 0 saturated carbocycles. The van der Waals surface area contributed by atoms with E-state index >= 15 is 0 Å². The summed E-state index contributed by atoms with van der Waals surface area (Å²) in [6, 6.07) is 6.84. The molecule has 212 valence electrons. The van der Waals surface area contributed by atoms with Gasteiger partial charge in [0.2, 0.25) is 0 Å². The number of carboxylic acid groups (broad SMARTS) is 5. The minimum absolute atomic E-state index is 0.0414. The highest BCUT2D eigenvalue weighted by molar-refractivity contribution is 5.73. The zero-order valence-electron chi connectivity index (χ0n) is 21.9. The first-order valence-corrected chi connectivity index (χ1v) is 11.9. The van der Waals surface area contributed by atoms with Gasteiger partial charge in [0.15, 0.2) is 0 Å². The Bertz CT molecular complexity index is 943. The molecule has 0 aromatic heterocycles. The van der Waals surface area contributed by atoms with Gasteiger partial charge < -0.3 is 25.5 Å². The number of carbonyl (C=O) groups is 5. The predicted octanol–water partition coefficient (Wildman–Crippen LogP) is 0.224. The number of benzene rings is 1. The van der Waals surface area contributed by atoms with Gasteiger partial charge in [0.1, 0.15) is 0 Å². The number of aliphatic carboxylic acids is 5. The molecule has 0 aliphatic carbocycles. The van der Waals surface area contributed by atoms with Crippen LogP contribution in [0.3, 0.4) is 0 Å². The van der Waals surface area contributed by atoms with Crippen LogP contribution in [-0.4, -0.2) is 128 Å². The van der Waals surface area contributed by atoms with E-state index in [2.05, 4.69) is 0 Å². The molecular formula is C25H37N3O10. The number of rotatable bonds is 18. The summed E-state index contributed by atoms with van der Waals surface area (Å²) in [5, 5.41) is 46.4. The van der Waals surface area contributed by atoms with Crippen LogP contribution in [-0.2, 0) is 35.8 Å². The Balaban J connectivity index is 3.26. The molecule has 38 heavy (non-hydrogen) atoms. The molecule has 1 rings (SSSR count). The molecule has 0 aliphatic rings. The molecule has 1 unspecified atom stereocenters. The summed E-state index contributed by atoms with van der Waals surface area (Å²) in [6.07, 6.45) is 0.217. The maximum absolute atomic E-state index is 11.6. The normalized spacial score (nSPS) is 12.6. The van der Waals surface area contributed by atoms with Crippen LogP contribution < -0.4 is 0 Å². The highest BCUT2D eigenvalue weighted by atomic mass is 16.4. The first kappa shape index (κ1) is 32.5. The number of nitrogens with zero attached hydrogens (tertiary/aromatic N) is 3. The van der Waals surface area contributed by atoms with Gasteiger partial charge in [-0.1, -0.05) is 45.0 Å². The Morgan fingerprint density at radius 2 is 1.05 bits per heavy atom. The molecule has 0 aliphatic heterocycles. The highest BCUT2D eigenvalue weighted by Crippen LogP contribution is 2.23. The van der Waals surface area contributed by atoms with Gasteiger partial charge in [0.25, 0.3) is 0 Å². The van der Waals surface area contributed by atoms with Crippen LogP contribution in [0.1, 0.15) is 31.9 Å². The summed E-state index contributed by atoms with van der Waals surface area (Å²) in [4.78, 5) is 60.6. The van der Waals surface area contributed by atoms with Crippen molar-refractivity contribution in [1.29, 1.82) is 0 Å². The lowest BCUT2D eigenvalue weighted by atomic mass is 9.86. The Hall–Kier alpha value is -3.55. The Kier molecular flexibility index (Phi) is 12.8. The van der Waals surface area contributed by atoms with Crippen molar-refractivity contribution >= 4 is 29.8 Å². The van der Waals surface area contributed by atoms with Crippen LogP contribution in [0.5, 0.6) is 0 Å². The van der Waals surface area contributed by atoms with Gasteiger partial charge in [-0.2, -0.15) is 0 Å². The van der Waals surface area contributed by atoms with Gasteiger partial charge in [-0.15, -0.1) is 0 Å². The fourth-order valence-corrected chi connectivity index (χ4v) is 3.99. The largest absolute Gasteiger partial charge is 0.480 e. The van der Waals surface area contributed by atoms with E-state index in [-0.39, 0.29) is 31.5 Å². The number of hydrogen-bond acceptors (Lipinski definition) is 8. The molecule has 0 spiro atoms. The summed E-state index contributed by atoms with van der Waals surface area (Å²) >= 11 is 0. The minimum Gasteiger partial charge on any atom is -0.480 e. The van der Waals surface area contributed by atoms with Crippen LogP contribution in [0, 0.1) is 0 Å². The molecule has 1 atom stereocenters. The van der Waals surface area contributed by atoms with Crippen molar-refractivity contribution in [3.8, 4) is 0 Å². The molecule has 0 amide bonds. The van der Waals surface area contributed by atoms with Gasteiger partial charge in [0.05, 0.1) is 32.7 Å². The third-order valence-electron chi connectivity index (χ3n) is 5.76. The molecule has 5 N–H and O–H groups in total. The van der Waals surface area contributed by atoms with Crippen LogP contribution in [0.4, 0.5) is 0 Å². The average molecular weight is 540 g/mol. The lowest BCUT2D eigenvalue weighted by Gasteiger charge is -2.34. The van der Waals surface area contributed by atoms with Crippen LogP contribution in [0.25, 0.3) is 0 Å². The smallest absolute Gasteiger partial charge is 0.317 e. The molecule has 13 nitrogen and oxygen atoms in total. The van der Waals surface area contributed by atoms with Gasteiger partial charge in [0, 0.05) is 25.7 Å². The summed E-state index contributed by atoms with van der Waals surface area (Å²) in [6.45, 7) is 3.14. The fraction of sp³-hybridized carbons (Fsp3) is 0.560. The van der Waals surface area contributed by atoms with E-state index in [0.717, 1.165) is 16.0 Å². The molecule has 0 fully saturated rings. The van der Waals surface area contributed by atoms with Crippen LogP contribution in [0.15, 0.2) is 24.3 Å². The fourth-order valence-electron chi connectivity index (χ4n) is 3.99. The second kappa shape index (κ2) is 15.0. The van der Waals surface area contributed by atoms with Crippen molar-refractivity contribution in [2.45, 2.75) is 38.6 Å². The summed E-state index contributed by atoms with van der Waals surface area (Å²) in [5.74, 6) is -6.20. The maximum Gasteiger partial charge on any atom is 0.317 e. The molecular weight excluding hydrogens is 502 g/mol. The highest BCUT2D eigenvalue weighted by Gasteiger charge is 2.27. The molecule has 0 radical (unpaired) electrons. The van der Waals surface area contributed by atoms with E-state index in [9.17, 15) is 39.3 Å². The van der Waals surface area contributed by atoms with E-state index in [1.54, 1.807) is 0 Å². The van der Waals surface area contributed by atoms with Crippen molar-refractivity contribution in [3.63, 3.8) is 0 Å². The van der Waals surface area contributed by atoms with Crippen molar-refractivity contribution in [2.24, 2.45) is 0 Å². The number of hydrogen-bond donors (Lipinski definition) is 5. The number of carboxylic acids is 5. The van der Waals surface area contributed by atoms with Crippen LogP contribution >= 0.6 is 0 Å². The molecule has 1 aromatic rings. The van der Waals surface area contributed by atoms with E-state index in [4.69, 9.17) is 10.2 Å². The van der Waals surface area contributed by atoms with E-state index in [1.807, 2.05) is 45.0 Å². The van der Waals surface area contributed by atoms with Crippen molar-refractivity contribution in [1.82, 2.24) is 14.7 Å². The molecule has 0 bridgehead atoms. The Labute approximate surface area is 220 Å². The first-order valence-electron chi connectivity index (χ1n) is 11.9. The molecule has 13 heteroatoms.